The number of ether oxygens (including phenoxy) is 2. The summed E-state index contributed by atoms with van der Waals surface area (Å²) in [6.07, 6.45) is 1.18. The predicted octanol–water partition coefficient (Wildman–Crippen LogP) is 1.86. The zero-order valence-corrected chi connectivity index (χ0v) is 15.0. The van der Waals surface area contributed by atoms with Crippen molar-refractivity contribution in [3.05, 3.63) is 45.0 Å². The SMILES string of the molecule is Cn1nc(Sc2ncc([N+](=O)[O-])s2)n(-c2ccc3c(c2)OCCO3)c1=O. The van der Waals surface area contributed by atoms with E-state index in [1.165, 1.54) is 22.5 Å². The summed E-state index contributed by atoms with van der Waals surface area (Å²) >= 11 is 2.00. The number of hydrogen-bond acceptors (Lipinski definition) is 9. The summed E-state index contributed by atoms with van der Waals surface area (Å²) in [7, 11) is 1.53. The van der Waals surface area contributed by atoms with Gasteiger partial charge in [-0.05, 0) is 35.2 Å². The largest absolute Gasteiger partial charge is 0.486 e. The van der Waals surface area contributed by atoms with Crippen LogP contribution in [0.2, 0.25) is 0 Å². The number of benzene rings is 1. The molecule has 134 valence electrons. The van der Waals surface area contributed by atoms with Crippen LogP contribution in [0.4, 0.5) is 5.00 Å². The highest BCUT2D eigenvalue weighted by Crippen LogP contribution is 2.35. The molecule has 0 bridgehead atoms. The zero-order valence-electron chi connectivity index (χ0n) is 13.3. The van der Waals surface area contributed by atoms with Gasteiger partial charge in [0.15, 0.2) is 15.8 Å². The van der Waals surface area contributed by atoms with E-state index in [0.29, 0.717) is 39.9 Å². The van der Waals surface area contributed by atoms with Gasteiger partial charge in [-0.3, -0.25) is 10.1 Å². The molecule has 2 aromatic heterocycles. The maximum Gasteiger partial charge on any atom is 0.350 e. The fourth-order valence-electron chi connectivity index (χ4n) is 2.36. The number of fused-ring (bicyclic) bond motifs is 1. The molecule has 3 aromatic rings. The summed E-state index contributed by atoms with van der Waals surface area (Å²) in [6, 6.07) is 5.16. The molecule has 10 nitrogen and oxygen atoms in total. The van der Waals surface area contributed by atoms with Crippen molar-refractivity contribution >= 4 is 28.1 Å². The van der Waals surface area contributed by atoms with Crippen molar-refractivity contribution < 1.29 is 14.4 Å². The molecular formula is C14H11N5O5S2. The maximum atomic E-state index is 12.5. The van der Waals surface area contributed by atoms with E-state index >= 15 is 0 Å². The second-order valence-corrected chi connectivity index (χ2v) is 7.40. The Kier molecular flexibility index (Phi) is 4.12. The van der Waals surface area contributed by atoms with Crippen LogP contribution in [0.15, 0.2) is 38.7 Å². The Balaban J connectivity index is 1.74. The first-order chi connectivity index (χ1) is 12.5. The monoisotopic (exact) mass is 393 g/mol. The van der Waals surface area contributed by atoms with E-state index in [-0.39, 0.29) is 10.7 Å². The molecule has 3 heterocycles. The molecule has 0 N–H and O–H groups in total. The minimum atomic E-state index is -0.506. The zero-order chi connectivity index (χ0) is 18.3. The lowest BCUT2D eigenvalue weighted by Gasteiger charge is -2.19. The van der Waals surface area contributed by atoms with Gasteiger partial charge in [-0.25, -0.2) is 19.0 Å². The van der Waals surface area contributed by atoms with E-state index < -0.39 is 4.92 Å². The fraction of sp³-hybridized carbons (Fsp3) is 0.214. The van der Waals surface area contributed by atoms with Gasteiger partial charge in [-0.2, -0.15) is 0 Å². The molecule has 1 aliphatic rings. The third-order valence-corrected chi connectivity index (χ3v) is 5.48. The fourth-order valence-corrected chi connectivity index (χ4v) is 4.17. The van der Waals surface area contributed by atoms with Crippen molar-refractivity contribution in [2.45, 2.75) is 9.50 Å². The summed E-state index contributed by atoms with van der Waals surface area (Å²) in [6.45, 7) is 0.909. The van der Waals surface area contributed by atoms with Crippen LogP contribution < -0.4 is 15.2 Å². The molecule has 4 rings (SSSR count). The molecule has 1 aliphatic heterocycles. The number of nitrogens with zero attached hydrogens (tertiary/aromatic N) is 5. The Morgan fingerprint density at radius 3 is 2.81 bits per heavy atom. The first kappa shape index (κ1) is 16.6. The van der Waals surface area contributed by atoms with Crippen molar-refractivity contribution in [1.82, 2.24) is 19.3 Å². The van der Waals surface area contributed by atoms with Gasteiger partial charge in [0.1, 0.15) is 19.4 Å². The number of aryl methyl sites for hydroxylation is 1. The second kappa shape index (κ2) is 6.46. The molecule has 1 aromatic carbocycles. The number of aromatic nitrogens is 4. The van der Waals surface area contributed by atoms with Gasteiger partial charge in [-0.15, -0.1) is 5.10 Å². The van der Waals surface area contributed by atoms with E-state index in [2.05, 4.69) is 10.1 Å². The van der Waals surface area contributed by atoms with Gasteiger partial charge in [0.05, 0.1) is 10.6 Å². The standard InChI is InChI=1S/C14H11N5O5S2/c1-17-14(20)18(8-2-3-9-10(6-8)24-5-4-23-9)12(16-17)26-13-15-7-11(25-13)19(21)22/h2-3,6-7H,4-5H2,1H3. The third-order valence-electron chi connectivity index (χ3n) is 3.51. The molecule has 0 amide bonds. The number of rotatable bonds is 4. The van der Waals surface area contributed by atoms with E-state index in [9.17, 15) is 14.9 Å². The Morgan fingerprint density at radius 2 is 2.08 bits per heavy atom. The van der Waals surface area contributed by atoms with Crippen LogP contribution >= 0.6 is 23.1 Å². The summed E-state index contributed by atoms with van der Waals surface area (Å²) in [5.74, 6) is 1.16. The van der Waals surface area contributed by atoms with Gasteiger partial charge in [0, 0.05) is 13.1 Å². The minimum Gasteiger partial charge on any atom is -0.486 e. The van der Waals surface area contributed by atoms with Crippen LogP contribution in [-0.4, -0.2) is 37.5 Å². The van der Waals surface area contributed by atoms with E-state index in [1.807, 2.05) is 0 Å². The lowest BCUT2D eigenvalue weighted by molar-refractivity contribution is -0.380. The number of hydrogen-bond donors (Lipinski definition) is 0. The van der Waals surface area contributed by atoms with Crippen LogP contribution in [0.1, 0.15) is 0 Å². The quantitative estimate of drug-likeness (QED) is 0.487. The lowest BCUT2D eigenvalue weighted by Crippen LogP contribution is -2.22. The topological polar surface area (TPSA) is 114 Å². The summed E-state index contributed by atoms with van der Waals surface area (Å²) in [4.78, 5) is 26.8. The highest BCUT2D eigenvalue weighted by Gasteiger charge is 2.20. The van der Waals surface area contributed by atoms with Crippen LogP contribution in [0.3, 0.4) is 0 Å². The third kappa shape index (κ3) is 2.93. The maximum absolute atomic E-state index is 12.5. The van der Waals surface area contributed by atoms with Crippen LogP contribution in [0.25, 0.3) is 5.69 Å². The average Bonchev–Trinajstić information content (AvgIpc) is 3.20. The lowest BCUT2D eigenvalue weighted by atomic mass is 10.2. The first-order valence-electron chi connectivity index (χ1n) is 7.37. The van der Waals surface area contributed by atoms with Crippen molar-refractivity contribution in [3.63, 3.8) is 0 Å². The molecule has 0 saturated carbocycles. The van der Waals surface area contributed by atoms with Crippen LogP contribution in [0, 0.1) is 10.1 Å². The second-order valence-electron chi connectivity index (χ2n) is 5.18. The van der Waals surface area contributed by atoms with Crippen molar-refractivity contribution in [1.29, 1.82) is 0 Å². The summed E-state index contributed by atoms with van der Waals surface area (Å²) in [5, 5.41) is 15.3. The van der Waals surface area contributed by atoms with Gasteiger partial charge in [-0.1, -0.05) is 0 Å². The molecule has 26 heavy (non-hydrogen) atoms. The number of thiazole rings is 1. The molecule has 12 heteroatoms. The van der Waals surface area contributed by atoms with Crippen LogP contribution in [-0.2, 0) is 7.05 Å². The molecule has 0 fully saturated rings. The van der Waals surface area contributed by atoms with E-state index in [4.69, 9.17) is 9.47 Å². The average molecular weight is 393 g/mol. The molecule has 0 radical (unpaired) electrons. The van der Waals surface area contributed by atoms with Crippen molar-refractivity contribution in [2.75, 3.05) is 13.2 Å². The molecule has 0 atom stereocenters. The first-order valence-corrected chi connectivity index (χ1v) is 9.00. The molecule has 0 unspecified atom stereocenters. The summed E-state index contributed by atoms with van der Waals surface area (Å²) in [5.41, 5.74) is 0.205. The highest BCUT2D eigenvalue weighted by atomic mass is 32.2. The van der Waals surface area contributed by atoms with E-state index in [1.54, 1.807) is 18.2 Å². The smallest absolute Gasteiger partial charge is 0.350 e. The molecular weight excluding hydrogens is 382 g/mol. The Hall–Kier alpha value is -2.86. The van der Waals surface area contributed by atoms with Gasteiger partial charge in [0.25, 0.3) is 0 Å². The Morgan fingerprint density at radius 1 is 1.31 bits per heavy atom. The van der Waals surface area contributed by atoms with Gasteiger partial charge >= 0.3 is 10.7 Å². The van der Waals surface area contributed by atoms with Gasteiger partial charge in [0.2, 0.25) is 5.16 Å². The minimum absolute atomic E-state index is 0.0725. The van der Waals surface area contributed by atoms with Crippen molar-refractivity contribution in [2.24, 2.45) is 7.05 Å². The number of nitro groups is 1. The predicted molar refractivity (Wildman–Crippen MR) is 92.7 cm³/mol. The Labute approximate surface area is 154 Å². The highest BCUT2D eigenvalue weighted by molar-refractivity contribution is 8.00. The molecule has 0 spiro atoms. The van der Waals surface area contributed by atoms with E-state index in [0.717, 1.165) is 23.1 Å². The molecule has 0 saturated heterocycles. The van der Waals surface area contributed by atoms with Crippen molar-refractivity contribution in [3.8, 4) is 17.2 Å². The Bertz CT molecular complexity index is 1060. The molecule has 0 aliphatic carbocycles. The van der Waals surface area contributed by atoms with Gasteiger partial charge < -0.3 is 9.47 Å². The van der Waals surface area contributed by atoms with Crippen LogP contribution in [0.5, 0.6) is 11.5 Å². The normalized spacial score (nSPS) is 13.0. The summed E-state index contributed by atoms with van der Waals surface area (Å²) < 4.78 is 14.1.